The summed E-state index contributed by atoms with van der Waals surface area (Å²) in [4.78, 5) is 34.5. The molecule has 4 aromatic rings. The number of carbonyl (C=O) groups is 2. The molecule has 4 aliphatic rings. The predicted molar refractivity (Wildman–Crippen MR) is 224 cm³/mol. The Morgan fingerprint density at radius 1 is 0.719 bits per heavy atom. The minimum atomic E-state index is -5.13. The number of carbonyl (C=O) groups excluding carboxylic acids is 2. The molecule has 0 radical (unpaired) electrons. The number of ether oxygens (including phenoxy) is 5. The van der Waals surface area contributed by atoms with Crippen molar-refractivity contribution in [2.24, 2.45) is 4.99 Å². The molecule has 4 aliphatic heterocycles. The van der Waals surface area contributed by atoms with Crippen LogP contribution in [0.2, 0.25) is 0 Å². The van der Waals surface area contributed by atoms with Gasteiger partial charge in [0.1, 0.15) is 36.4 Å². The molecule has 0 saturated carbocycles. The van der Waals surface area contributed by atoms with Crippen molar-refractivity contribution in [1.29, 1.82) is 0 Å². The van der Waals surface area contributed by atoms with Gasteiger partial charge in [-0.2, -0.15) is 0 Å². The van der Waals surface area contributed by atoms with Gasteiger partial charge in [0.2, 0.25) is 0 Å². The molecule has 0 saturated heterocycles. The zero-order chi connectivity index (χ0) is 44.1. The molecule has 0 spiro atoms. The number of rotatable bonds is 12. The minimum absolute atomic E-state index is 0. The van der Waals surface area contributed by atoms with Crippen LogP contribution >= 0.6 is 0 Å². The van der Waals surface area contributed by atoms with Crippen molar-refractivity contribution in [1.82, 2.24) is 9.80 Å². The van der Waals surface area contributed by atoms with E-state index >= 15 is 0 Å². The fraction of sp³-hybridized carbons (Fsp3) is 0.262. The van der Waals surface area contributed by atoms with Gasteiger partial charge < -0.3 is 53.6 Å². The zero-order valence-electron chi connectivity index (χ0n) is 35.4. The monoisotopic (exact) mass is 931 g/mol. The van der Waals surface area contributed by atoms with E-state index in [4.69, 9.17) is 29.4 Å². The number of amides is 2. The number of nitrogens with two attached hydrogens (primary N) is 1. The molecule has 2 amide bonds. The minimum Gasteiger partial charge on any atom is -0.746 e. The standard InChI is InChI=1S/C42H41N5O13S2.2Na/c1-56-28-11-7-24(8-12-28)26-16-34-40(62(53,54)55)45-32-20-38(36(58-3)18-30(32)42(49)47(34)22-26)60-14-4-13-59-37-19-31-29(17-35(37)57-2)41(48)46-21-25(23-5-9-27(43)10-6-23)15-33(46)39(44-31)61(50,51)52;;/h5-12,17-22,33-34,40,45H,4,13-16,43H2,1-3H3,(H,50,51,52)(H,53,54,55);;/q;2*+1/p-2/t33-,34-,40-;;/m0../s1. The van der Waals surface area contributed by atoms with Crippen molar-refractivity contribution in [3.8, 4) is 28.7 Å². The number of methoxy groups -OCH3 is 3. The number of anilines is 2. The Morgan fingerprint density at radius 2 is 1.27 bits per heavy atom. The number of nitrogens with zero attached hydrogens (tertiary/aromatic N) is 3. The SMILES string of the molecule is COc1ccc(C2=CN3C(=O)c4cc(OC)c(OCCCOc5cc6c(cc5OC)C(=O)N5C=C(c7ccc(N)cc7)C[C@H]5C(S(=O)(=O)[O-])=N6)cc4N[C@@H](S(=O)(=O)[O-])[C@@H]3C2)cc1.[Na+].[Na+]. The summed E-state index contributed by atoms with van der Waals surface area (Å²) in [5.74, 6) is 0.00608. The van der Waals surface area contributed by atoms with Crippen LogP contribution in [0.15, 0.2) is 90.2 Å². The van der Waals surface area contributed by atoms with Gasteiger partial charge in [0, 0.05) is 43.1 Å². The number of hydrogen-bond acceptors (Lipinski definition) is 16. The van der Waals surface area contributed by atoms with Crippen LogP contribution in [0.4, 0.5) is 17.1 Å². The molecule has 8 rings (SSSR count). The van der Waals surface area contributed by atoms with Gasteiger partial charge in [0.15, 0.2) is 23.0 Å². The molecule has 4 aromatic carbocycles. The topological polar surface area (TPSA) is 252 Å². The third-order valence-electron chi connectivity index (χ3n) is 10.9. The summed E-state index contributed by atoms with van der Waals surface area (Å²) < 4.78 is 104. The average molecular weight is 932 g/mol. The maximum atomic E-state index is 14.0. The Morgan fingerprint density at radius 3 is 1.84 bits per heavy atom. The molecule has 4 heterocycles. The van der Waals surface area contributed by atoms with E-state index in [1.54, 1.807) is 54.7 Å². The third kappa shape index (κ3) is 9.67. The van der Waals surface area contributed by atoms with E-state index in [0.717, 1.165) is 5.56 Å². The average Bonchev–Trinajstić information content (AvgIpc) is 3.84. The molecule has 0 aromatic heterocycles. The summed E-state index contributed by atoms with van der Waals surface area (Å²) in [5, 5.41) is 0.371. The van der Waals surface area contributed by atoms with Crippen molar-refractivity contribution in [3.63, 3.8) is 0 Å². The van der Waals surface area contributed by atoms with Gasteiger partial charge >= 0.3 is 59.1 Å². The van der Waals surface area contributed by atoms with Gasteiger partial charge in [-0.3, -0.25) is 9.59 Å². The molecular formula is C42H39N5Na2O13S2. The summed E-state index contributed by atoms with van der Waals surface area (Å²) in [6.07, 6.45) is 3.39. The summed E-state index contributed by atoms with van der Waals surface area (Å²) in [7, 11) is -5.86. The molecule has 64 heavy (non-hydrogen) atoms. The van der Waals surface area contributed by atoms with Crippen molar-refractivity contribution in [2.75, 3.05) is 45.6 Å². The second kappa shape index (κ2) is 19.5. The number of hydrogen-bond donors (Lipinski definition) is 2. The number of nitrogen functional groups attached to an aromatic ring is 1. The van der Waals surface area contributed by atoms with Gasteiger partial charge in [-0.1, -0.05) is 24.3 Å². The van der Waals surface area contributed by atoms with E-state index in [1.807, 2.05) is 0 Å². The van der Waals surface area contributed by atoms with Gasteiger partial charge in [0.05, 0.1) is 69.1 Å². The Bertz CT molecular complexity index is 2800. The van der Waals surface area contributed by atoms with Crippen LogP contribution in [0, 0.1) is 0 Å². The van der Waals surface area contributed by atoms with Gasteiger partial charge in [0.25, 0.3) is 11.8 Å². The Labute approximate surface area is 413 Å². The summed E-state index contributed by atoms with van der Waals surface area (Å²) in [6, 6.07) is 17.1. The molecule has 0 fully saturated rings. The van der Waals surface area contributed by atoms with Crippen LogP contribution in [-0.2, 0) is 20.2 Å². The first-order valence-corrected chi connectivity index (χ1v) is 22.0. The second-order valence-corrected chi connectivity index (χ2v) is 17.5. The van der Waals surface area contributed by atoms with Crippen molar-refractivity contribution in [2.45, 2.75) is 36.7 Å². The Balaban J connectivity index is 0.00000340. The predicted octanol–water partition coefficient (Wildman–Crippen LogP) is -1.45. The molecule has 0 aliphatic carbocycles. The van der Waals surface area contributed by atoms with Crippen molar-refractivity contribution >= 4 is 65.3 Å². The molecular weight excluding hydrogens is 893 g/mol. The smallest absolute Gasteiger partial charge is 0.746 e. The van der Waals surface area contributed by atoms with Crippen LogP contribution in [0.1, 0.15) is 51.1 Å². The number of benzene rings is 4. The normalized spacial score (nSPS) is 18.8. The van der Waals surface area contributed by atoms with E-state index in [2.05, 4.69) is 10.3 Å². The van der Waals surface area contributed by atoms with Crippen LogP contribution in [0.25, 0.3) is 11.1 Å². The van der Waals surface area contributed by atoms with E-state index in [-0.39, 0.29) is 137 Å². The third-order valence-corrected chi connectivity index (χ3v) is 12.8. The molecule has 324 valence electrons. The zero-order valence-corrected chi connectivity index (χ0v) is 41.0. The van der Waals surface area contributed by atoms with Gasteiger partial charge in [-0.15, -0.1) is 0 Å². The summed E-state index contributed by atoms with van der Waals surface area (Å²) in [6.45, 7) is 0.0127. The van der Waals surface area contributed by atoms with E-state index in [1.165, 1.54) is 61.6 Å². The molecule has 0 unspecified atom stereocenters. The molecule has 18 nitrogen and oxygen atoms in total. The quantitative estimate of drug-likeness (QED) is 0.0714. The molecule has 3 N–H and O–H groups in total. The van der Waals surface area contributed by atoms with Crippen LogP contribution in [-0.4, -0.2) is 105 Å². The maximum absolute atomic E-state index is 14.0. The van der Waals surface area contributed by atoms with E-state index < -0.39 is 54.6 Å². The van der Waals surface area contributed by atoms with Crippen molar-refractivity contribution < 1.29 is 118 Å². The first-order chi connectivity index (χ1) is 29.6. The Kier molecular flexibility index (Phi) is 14.9. The maximum Gasteiger partial charge on any atom is 1.00 e. The van der Waals surface area contributed by atoms with Gasteiger partial charge in [-0.25, -0.2) is 21.8 Å². The largest absolute Gasteiger partial charge is 1.00 e. The molecule has 3 atom stereocenters. The van der Waals surface area contributed by atoms with Crippen LogP contribution < -0.4 is 93.8 Å². The number of aliphatic imine (C=N–C) groups is 1. The van der Waals surface area contributed by atoms with E-state index in [0.29, 0.717) is 28.1 Å². The summed E-state index contributed by atoms with van der Waals surface area (Å²) in [5.41, 5.74) is 9.04. The molecule has 0 bridgehead atoms. The first-order valence-electron chi connectivity index (χ1n) is 19.1. The van der Waals surface area contributed by atoms with Crippen LogP contribution in [0.3, 0.4) is 0 Å². The molecule has 22 heteroatoms. The van der Waals surface area contributed by atoms with Crippen molar-refractivity contribution in [3.05, 3.63) is 107 Å². The number of fused-ring (bicyclic) bond motifs is 4. The second-order valence-electron chi connectivity index (χ2n) is 14.7. The van der Waals surface area contributed by atoms with Gasteiger partial charge in [-0.05, 0) is 65.1 Å². The fourth-order valence-electron chi connectivity index (χ4n) is 7.86. The first kappa shape index (κ1) is 48.8. The van der Waals surface area contributed by atoms with Crippen LogP contribution in [0.5, 0.6) is 28.7 Å². The summed E-state index contributed by atoms with van der Waals surface area (Å²) >= 11 is 0. The Hall–Kier alpha value is -4.61. The number of nitrogens with one attached hydrogen (secondary N) is 1. The fourth-order valence-corrected chi connectivity index (χ4v) is 9.48. The van der Waals surface area contributed by atoms with E-state index in [9.17, 15) is 35.5 Å².